The summed E-state index contributed by atoms with van der Waals surface area (Å²) in [6.07, 6.45) is 1.20. The number of carbonyl (C=O) groups is 2. The molecule has 2 aliphatic rings. The molecule has 2 aliphatic heterocycles. The van der Waals surface area contributed by atoms with Crippen LogP contribution in [0.3, 0.4) is 0 Å². The van der Waals surface area contributed by atoms with Gasteiger partial charge in [0.1, 0.15) is 5.76 Å². The molecule has 3 heterocycles. The van der Waals surface area contributed by atoms with Gasteiger partial charge in [-0.3, -0.25) is 14.5 Å². The molecule has 0 saturated carbocycles. The summed E-state index contributed by atoms with van der Waals surface area (Å²) in [5.74, 6) is 2.02. The number of hydrogen-bond donors (Lipinski definition) is 0. The lowest BCUT2D eigenvalue weighted by Crippen LogP contribution is -2.40. The fraction of sp³-hybridized carbons (Fsp3) is 0.379. The van der Waals surface area contributed by atoms with Crippen LogP contribution in [-0.4, -0.2) is 48.2 Å². The van der Waals surface area contributed by atoms with Crippen molar-refractivity contribution in [1.82, 2.24) is 9.80 Å². The third kappa shape index (κ3) is 6.31. The number of carbonyl (C=O) groups excluding carboxylic acids is 2. The number of benzene rings is 2. The maximum absolute atomic E-state index is 13.1. The molecule has 38 heavy (non-hydrogen) atoms. The Hall–Kier alpha value is -3.49. The average molecular weight is 539 g/mol. The molecule has 0 radical (unpaired) electrons. The molecule has 1 amide bonds. The van der Waals surface area contributed by atoms with Crippen molar-refractivity contribution < 1.29 is 28.2 Å². The molecule has 5 rings (SSSR count). The minimum atomic E-state index is -0.178. The maximum atomic E-state index is 13.1. The highest BCUT2D eigenvalue weighted by Gasteiger charge is 2.30. The van der Waals surface area contributed by atoms with Gasteiger partial charge in [0.15, 0.2) is 17.3 Å². The van der Waals surface area contributed by atoms with E-state index in [1.807, 2.05) is 48.5 Å². The third-order valence-electron chi connectivity index (χ3n) is 6.82. The molecule has 200 valence electrons. The molecule has 0 atom stereocenters. The molecule has 0 bridgehead atoms. The van der Waals surface area contributed by atoms with Gasteiger partial charge in [0.05, 0.1) is 19.1 Å². The van der Waals surface area contributed by atoms with Crippen LogP contribution in [0.4, 0.5) is 0 Å². The Kier molecular flexibility index (Phi) is 8.20. The first kappa shape index (κ1) is 26.1. The number of fused-ring (bicyclic) bond motifs is 1. The number of esters is 1. The van der Waals surface area contributed by atoms with Crippen molar-refractivity contribution >= 4 is 23.5 Å². The molecule has 0 N–H and O–H groups in total. The van der Waals surface area contributed by atoms with E-state index >= 15 is 0 Å². The molecule has 2 aromatic carbocycles. The summed E-state index contributed by atoms with van der Waals surface area (Å²) in [5, 5.41) is 0.691. The van der Waals surface area contributed by atoms with E-state index in [2.05, 4.69) is 4.90 Å². The van der Waals surface area contributed by atoms with Crippen LogP contribution in [0.25, 0.3) is 0 Å². The SMILES string of the molecule is CCOC(=O)C1CCN(C(=O)c2ccc(CN(Cc3ccc(Cl)cc3)Cc3ccc4c(c3)OCO4)o2)CC1. The van der Waals surface area contributed by atoms with Gasteiger partial charge in [-0.2, -0.15) is 0 Å². The fourth-order valence-electron chi connectivity index (χ4n) is 4.85. The van der Waals surface area contributed by atoms with Crippen LogP contribution in [0.1, 0.15) is 47.2 Å². The van der Waals surface area contributed by atoms with Gasteiger partial charge in [-0.15, -0.1) is 0 Å². The Morgan fingerprint density at radius 3 is 2.42 bits per heavy atom. The van der Waals surface area contributed by atoms with Gasteiger partial charge in [0.25, 0.3) is 5.91 Å². The highest BCUT2D eigenvalue weighted by Crippen LogP contribution is 2.33. The first-order valence-electron chi connectivity index (χ1n) is 12.9. The van der Waals surface area contributed by atoms with Gasteiger partial charge < -0.3 is 23.5 Å². The van der Waals surface area contributed by atoms with Gasteiger partial charge in [0, 0.05) is 31.2 Å². The van der Waals surface area contributed by atoms with Crippen LogP contribution in [0.5, 0.6) is 11.5 Å². The zero-order valence-corrected chi connectivity index (χ0v) is 22.1. The first-order valence-corrected chi connectivity index (χ1v) is 13.3. The minimum absolute atomic E-state index is 0.149. The van der Waals surface area contributed by atoms with E-state index in [4.69, 9.17) is 30.2 Å². The lowest BCUT2D eigenvalue weighted by atomic mass is 9.97. The number of ether oxygens (including phenoxy) is 3. The zero-order chi connectivity index (χ0) is 26.5. The number of nitrogens with zero attached hydrogens (tertiary/aromatic N) is 2. The number of piperidine rings is 1. The van der Waals surface area contributed by atoms with Crippen LogP contribution >= 0.6 is 11.6 Å². The van der Waals surface area contributed by atoms with Crippen molar-refractivity contribution in [2.75, 3.05) is 26.5 Å². The van der Waals surface area contributed by atoms with Crippen molar-refractivity contribution in [3.63, 3.8) is 0 Å². The standard InChI is InChI=1S/C29H31ClN2O6/c1-2-35-29(34)22-11-13-32(14-12-22)28(33)26-10-8-24(38-26)18-31(16-20-3-6-23(30)7-4-20)17-21-5-9-25-27(15-21)37-19-36-25/h3-10,15,22H,2,11-14,16-19H2,1H3. The Labute approximate surface area is 227 Å². The van der Waals surface area contributed by atoms with Gasteiger partial charge in [-0.1, -0.05) is 29.8 Å². The van der Waals surface area contributed by atoms with Gasteiger partial charge in [0.2, 0.25) is 6.79 Å². The molecule has 0 spiro atoms. The predicted octanol–water partition coefficient (Wildman–Crippen LogP) is 5.28. The monoisotopic (exact) mass is 538 g/mol. The van der Waals surface area contributed by atoms with Crippen molar-refractivity contribution in [3.05, 3.63) is 82.3 Å². The van der Waals surface area contributed by atoms with Crippen molar-refractivity contribution in [3.8, 4) is 11.5 Å². The third-order valence-corrected chi connectivity index (χ3v) is 7.07. The van der Waals surface area contributed by atoms with Crippen LogP contribution in [0, 0.1) is 5.92 Å². The molecule has 1 fully saturated rings. The molecule has 9 heteroatoms. The number of furan rings is 1. The summed E-state index contributed by atoms with van der Waals surface area (Å²) in [7, 11) is 0. The summed E-state index contributed by atoms with van der Waals surface area (Å²) in [6, 6.07) is 17.3. The Bertz CT molecular complexity index is 1270. The topological polar surface area (TPSA) is 81.5 Å². The molecule has 1 saturated heterocycles. The van der Waals surface area contributed by atoms with E-state index in [0.29, 0.717) is 68.7 Å². The average Bonchev–Trinajstić information content (AvgIpc) is 3.59. The van der Waals surface area contributed by atoms with E-state index in [1.165, 1.54) is 0 Å². The number of hydrogen-bond acceptors (Lipinski definition) is 7. The normalized spacial score (nSPS) is 15.2. The van der Waals surface area contributed by atoms with Gasteiger partial charge in [-0.05, 0) is 67.3 Å². The minimum Gasteiger partial charge on any atom is -0.466 e. The second-order valence-corrected chi connectivity index (χ2v) is 9.98. The lowest BCUT2D eigenvalue weighted by molar-refractivity contribution is -0.149. The summed E-state index contributed by atoms with van der Waals surface area (Å²) in [6.45, 7) is 5.23. The summed E-state index contributed by atoms with van der Waals surface area (Å²) < 4.78 is 22.1. The summed E-state index contributed by atoms with van der Waals surface area (Å²) >= 11 is 6.08. The van der Waals surface area contributed by atoms with E-state index in [1.54, 1.807) is 17.9 Å². The molecular formula is C29H31ClN2O6. The maximum Gasteiger partial charge on any atom is 0.309 e. The predicted molar refractivity (Wildman–Crippen MR) is 141 cm³/mol. The Balaban J connectivity index is 1.25. The molecule has 8 nitrogen and oxygen atoms in total. The number of likely N-dealkylation sites (tertiary alicyclic amines) is 1. The first-order chi connectivity index (χ1) is 18.5. The second-order valence-electron chi connectivity index (χ2n) is 9.54. The molecule has 0 aliphatic carbocycles. The number of halogens is 1. The largest absolute Gasteiger partial charge is 0.466 e. The Morgan fingerprint density at radius 1 is 0.947 bits per heavy atom. The van der Waals surface area contributed by atoms with Gasteiger partial charge in [-0.25, -0.2) is 0 Å². The summed E-state index contributed by atoms with van der Waals surface area (Å²) in [4.78, 5) is 29.1. The van der Waals surface area contributed by atoms with E-state index in [9.17, 15) is 9.59 Å². The zero-order valence-electron chi connectivity index (χ0n) is 21.4. The van der Waals surface area contributed by atoms with Crippen LogP contribution in [0.15, 0.2) is 59.0 Å². The van der Waals surface area contributed by atoms with Gasteiger partial charge >= 0.3 is 5.97 Å². The van der Waals surface area contributed by atoms with Crippen molar-refractivity contribution in [2.45, 2.75) is 39.4 Å². The van der Waals surface area contributed by atoms with E-state index in [-0.39, 0.29) is 24.6 Å². The highest BCUT2D eigenvalue weighted by molar-refractivity contribution is 6.30. The lowest BCUT2D eigenvalue weighted by Gasteiger charge is -2.30. The molecular weight excluding hydrogens is 508 g/mol. The fourth-order valence-corrected chi connectivity index (χ4v) is 4.97. The van der Waals surface area contributed by atoms with Crippen LogP contribution in [0.2, 0.25) is 5.02 Å². The van der Waals surface area contributed by atoms with E-state index in [0.717, 1.165) is 22.6 Å². The number of amides is 1. The highest BCUT2D eigenvalue weighted by atomic mass is 35.5. The van der Waals surface area contributed by atoms with Crippen molar-refractivity contribution in [1.29, 1.82) is 0 Å². The smallest absolute Gasteiger partial charge is 0.309 e. The number of rotatable bonds is 9. The van der Waals surface area contributed by atoms with Crippen LogP contribution in [-0.2, 0) is 29.2 Å². The second kappa shape index (κ2) is 11.9. The summed E-state index contributed by atoms with van der Waals surface area (Å²) in [5.41, 5.74) is 2.19. The quantitative estimate of drug-likeness (QED) is 0.343. The van der Waals surface area contributed by atoms with Crippen LogP contribution < -0.4 is 9.47 Å². The van der Waals surface area contributed by atoms with Crippen molar-refractivity contribution in [2.24, 2.45) is 5.92 Å². The molecule has 0 unspecified atom stereocenters. The molecule has 1 aromatic heterocycles. The van der Waals surface area contributed by atoms with E-state index < -0.39 is 0 Å². The molecule has 3 aromatic rings. The Morgan fingerprint density at radius 2 is 1.66 bits per heavy atom.